The summed E-state index contributed by atoms with van der Waals surface area (Å²) in [5.74, 6) is -0.0705. The molecular formula is C22H48O3Si2. The molecule has 0 aromatic rings. The summed E-state index contributed by atoms with van der Waals surface area (Å²) in [4.78, 5) is 12.7. The van der Waals surface area contributed by atoms with Crippen LogP contribution in [0.25, 0.3) is 0 Å². The Labute approximate surface area is 172 Å². The lowest BCUT2D eigenvalue weighted by molar-refractivity contribution is -0.137. The first kappa shape index (κ1) is 26.9. The van der Waals surface area contributed by atoms with Gasteiger partial charge in [0.25, 0.3) is 14.3 Å². The van der Waals surface area contributed by atoms with Crippen LogP contribution in [0.1, 0.15) is 93.4 Å². The van der Waals surface area contributed by atoms with Crippen LogP contribution in [0.15, 0.2) is 0 Å². The highest BCUT2D eigenvalue weighted by molar-refractivity contribution is 6.75. The van der Waals surface area contributed by atoms with Crippen LogP contribution in [0.2, 0.25) is 36.3 Å². The van der Waals surface area contributed by atoms with E-state index >= 15 is 0 Å². The van der Waals surface area contributed by atoms with Gasteiger partial charge in [-0.1, -0.05) is 80.6 Å². The topological polar surface area (TPSA) is 35.5 Å². The molecule has 5 heteroatoms. The van der Waals surface area contributed by atoms with Crippen LogP contribution in [0.5, 0.6) is 0 Å². The van der Waals surface area contributed by atoms with Crippen LogP contribution >= 0.6 is 0 Å². The van der Waals surface area contributed by atoms with Crippen molar-refractivity contribution >= 4 is 22.6 Å². The molecule has 1 atom stereocenters. The van der Waals surface area contributed by atoms with Crippen molar-refractivity contribution in [3.8, 4) is 0 Å². The molecule has 0 aromatic carbocycles. The third-order valence-electron chi connectivity index (χ3n) is 6.47. The van der Waals surface area contributed by atoms with E-state index in [9.17, 15) is 4.79 Å². The predicted octanol–water partition coefficient (Wildman–Crippen LogP) is 7.68. The molecule has 27 heavy (non-hydrogen) atoms. The second-order valence-electron chi connectivity index (χ2n) is 11.1. The first-order valence-electron chi connectivity index (χ1n) is 10.9. The molecule has 0 N–H and O–H groups in total. The molecule has 0 radical (unpaired) electrons. The van der Waals surface area contributed by atoms with E-state index in [1.807, 2.05) is 0 Å². The second-order valence-corrected chi connectivity index (χ2v) is 20.6. The van der Waals surface area contributed by atoms with Gasteiger partial charge in [0.15, 0.2) is 8.32 Å². The first-order chi connectivity index (χ1) is 12.0. The van der Waals surface area contributed by atoms with Crippen LogP contribution < -0.4 is 0 Å². The fourth-order valence-electron chi connectivity index (χ4n) is 2.44. The summed E-state index contributed by atoms with van der Waals surface area (Å²) in [7, 11) is -3.97. The monoisotopic (exact) mass is 416 g/mol. The van der Waals surface area contributed by atoms with Crippen LogP contribution in [0.3, 0.4) is 0 Å². The van der Waals surface area contributed by atoms with Crippen molar-refractivity contribution in [2.24, 2.45) is 0 Å². The van der Waals surface area contributed by atoms with E-state index in [-0.39, 0.29) is 22.1 Å². The average Bonchev–Trinajstić information content (AvgIpc) is 2.43. The maximum Gasteiger partial charge on any atom is 0.295 e. The van der Waals surface area contributed by atoms with Crippen LogP contribution in [0.4, 0.5) is 0 Å². The lowest BCUT2D eigenvalue weighted by Gasteiger charge is -2.40. The molecule has 0 spiro atoms. The molecule has 1 unspecified atom stereocenters. The molecule has 0 heterocycles. The summed E-state index contributed by atoms with van der Waals surface area (Å²) in [5.41, 5.74) is 0. The molecule has 162 valence electrons. The lowest BCUT2D eigenvalue weighted by Crippen LogP contribution is -2.46. The highest BCUT2D eigenvalue weighted by Crippen LogP contribution is 2.39. The summed E-state index contributed by atoms with van der Waals surface area (Å²) in [6, 6.07) is 0. The fourth-order valence-corrected chi connectivity index (χ4v) is 4.78. The van der Waals surface area contributed by atoms with Gasteiger partial charge in [0, 0.05) is 0 Å². The Hall–Kier alpha value is -0.136. The van der Waals surface area contributed by atoms with E-state index in [1.165, 1.54) is 25.7 Å². The van der Waals surface area contributed by atoms with Crippen molar-refractivity contribution in [2.75, 3.05) is 0 Å². The largest absolute Gasteiger partial charge is 0.519 e. The molecule has 0 aliphatic rings. The predicted molar refractivity (Wildman–Crippen MR) is 123 cm³/mol. The molecule has 3 nitrogen and oxygen atoms in total. The van der Waals surface area contributed by atoms with Crippen molar-refractivity contribution in [1.82, 2.24) is 0 Å². The van der Waals surface area contributed by atoms with Gasteiger partial charge in [-0.3, -0.25) is 4.79 Å². The van der Waals surface area contributed by atoms with E-state index in [1.54, 1.807) is 0 Å². The van der Waals surface area contributed by atoms with Gasteiger partial charge in [-0.2, -0.15) is 0 Å². The van der Waals surface area contributed by atoms with Gasteiger partial charge >= 0.3 is 0 Å². The van der Waals surface area contributed by atoms with Crippen molar-refractivity contribution in [3.63, 3.8) is 0 Å². The number of carbonyl (C=O) groups is 1. The SMILES string of the molecule is CCCCCCCC(CC(=O)O[Si](C)(C)C(C)(C)C)O[Si](C)(C)C(C)(C)C. The quantitative estimate of drug-likeness (QED) is 0.256. The average molecular weight is 417 g/mol. The van der Waals surface area contributed by atoms with E-state index in [4.69, 9.17) is 8.85 Å². The molecule has 0 rings (SSSR count). The van der Waals surface area contributed by atoms with Crippen LogP contribution in [-0.4, -0.2) is 28.7 Å². The summed E-state index contributed by atoms with van der Waals surface area (Å²) in [6.07, 6.45) is 7.52. The molecule has 0 fully saturated rings. The van der Waals surface area contributed by atoms with Gasteiger partial charge < -0.3 is 8.85 Å². The lowest BCUT2D eigenvalue weighted by atomic mass is 10.1. The highest BCUT2D eigenvalue weighted by atomic mass is 28.4. The maximum atomic E-state index is 12.7. The Morgan fingerprint density at radius 2 is 1.30 bits per heavy atom. The van der Waals surface area contributed by atoms with Gasteiger partial charge in [-0.05, 0) is 42.7 Å². The minimum atomic E-state index is -2.07. The number of hydrogen-bond acceptors (Lipinski definition) is 3. The van der Waals surface area contributed by atoms with Crippen molar-refractivity contribution in [2.45, 2.75) is 136 Å². The van der Waals surface area contributed by atoms with Crippen molar-refractivity contribution < 1.29 is 13.6 Å². The Morgan fingerprint density at radius 1 is 0.815 bits per heavy atom. The number of carbonyl (C=O) groups excluding carboxylic acids is 1. The summed E-state index contributed by atoms with van der Waals surface area (Å²) >= 11 is 0. The first-order valence-corrected chi connectivity index (χ1v) is 16.7. The number of rotatable bonds is 11. The van der Waals surface area contributed by atoms with Gasteiger partial charge in [-0.25, -0.2) is 0 Å². The zero-order valence-corrected chi connectivity index (χ0v) is 22.3. The summed E-state index contributed by atoms with van der Waals surface area (Å²) in [5, 5.41) is 0.190. The Kier molecular flexibility index (Phi) is 10.5. The molecule has 0 aromatic heterocycles. The van der Waals surface area contributed by atoms with E-state index in [0.717, 1.165) is 12.8 Å². The Bertz CT molecular complexity index is 445. The number of unbranched alkanes of at least 4 members (excludes halogenated alkanes) is 4. The Morgan fingerprint density at radius 3 is 1.74 bits per heavy atom. The number of hydrogen-bond donors (Lipinski definition) is 0. The summed E-state index contributed by atoms with van der Waals surface area (Å²) in [6.45, 7) is 24.3. The molecular weight excluding hydrogens is 368 g/mol. The standard InChI is InChI=1S/C22H48O3Si2/c1-12-13-14-15-16-17-19(24-26(8,9)21(2,3)4)18-20(23)25-27(10,11)22(5,6)7/h19H,12-18H2,1-11H3. The van der Waals surface area contributed by atoms with Gasteiger partial charge in [0.2, 0.25) is 0 Å². The van der Waals surface area contributed by atoms with E-state index in [0.29, 0.717) is 6.42 Å². The molecule has 0 amide bonds. The maximum absolute atomic E-state index is 12.7. The molecule has 0 saturated carbocycles. The molecule has 0 aliphatic carbocycles. The van der Waals surface area contributed by atoms with Crippen LogP contribution in [-0.2, 0) is 13.6 Å². The molecule has 0 bridgehead atoms. The van der Waals surface area contributed by atoms with Crippen molar-refractivity contribution in [1.29, 1.82) is 0 Å². The second kappa shape index (κ2) is 10.6. The van der Waals surface area contributed by atoms with E-state index < -0.39 is 16.6 Å². The third-order valence-corrected chi connectivity index (χ3v) is 15.4. The molecule has 0 aliphatic heterocycles. The van der Waals surface area contributed by atoms with Crippen LogP contribution in [0, 0.1) is 0 Å². The smallest absolute Gasteiger partial charge is 0.295 e. The normalized spacial score (nSPS) is 14.9. The van der Waals surface area contributed by atoms with Gasteiger partial charge in [0.1, 0.15) is 0 Å². The van der Waals surface area contributed by atoms with Gasteiger partial charge in [0.05, 0.1) is 12.5 Å². The Balaban J connectivity index is 5.00. The third kappa shape index (κ3) is 9.75. The summed E-state index contributed by atoms with van der Waals surface area (Å²) < 4.78 is 12.6. The zero-order chi connectivity index (χ0) is 21.5. The highest BCUT2D eigenvalue weighted by Gasteiger charge is 2.42. The van der Waals surface area contributed by atoms with Gasteiger partial charge in [-0.15, -0.1) is 0 Å². The zero-order valence-electron chi connectivity index (χ0n) is 20.3. The van der Waals surface area contributed by atoms with Crippen molar-refractivity contribution in [3.05, 3.63) is 0 Å². The fraction of sp³-hybridized carbons (Fsp3) is 0.955. The minimum absolute atomic E-state index is 0.00946. The van der Waals surface area contributed by atoms with E-state index in [2.05, 4.69) is 74.7 Å². The molecule has 0 saturated heterocycles. The minimum Gasteiger partial charge on any atom is -0.519 e.